The molecule has 35 heavy (non-hydrogen) atoms. The number of nitriles is 1. The Morgan fingerprint density at radius 1 is 1.34 bits per heavy atom. The molecule has 0 saturated carbocycles. The molecular weight excluding hydrogens is 534 g/mol. The summed E-state index contributed by atoms with van der Waals surface area (Å²) in [5.74, 6) is -0.799. The number of halogens is 1. The van der Waals surface area contributed by atoms with E-state index in [0.717, 1.165) is 0 Å². The number of nitrogens with one attached hydrogen (secondary N) is 1. The van der Waals surface area contributed by atoms with Crippen LogP contribution in [0.1, 0.15) is 53.3 Å². The zero-order valence-electron chi connectivity index (χ0n) is 21.3. The highest BCUT2D eigenvalue weighted by Gasteiger charge is 2.65. The highest BCUT2D eigenvalue weighted by Crippen LogP contribution is 2.51. The molecule has 2 fully saturated rings. The first kappa shape index (κ1) is 26.2. The Labute approximate surface area is 214 Å². The molecule has 190 valence electrons. The molecule has 2 saturated heterocycles. The maximum atomic E-state index is 11.7. The minimum absolute atomic E-state index is 0.0347. The number of hydrogen-bond donors (Lipinski definition) is 1. The Bertz CT molecular complexity index is 1200. The maximum absolute atomic E-state index is 11.7. The molecule has 0 bridgehead atoms. The van der Waals surface area contributed by atoms with E-state index >= 15 is 0 Å². The fourth-order valence-corrected chi connectivity index (χ4v) is 5.79. The lowest BCUT2D eigenvalue weighted by Crippen LogP contribution is -2.51. The number of carbonyl (C=O) groups is 1. The van der Waals surface area contributed by atoms with Crippen LogP contribution in [0.4, 0.5) is 5.82 Å². The highest BCUT2D eigenvalue weighted by atomic mass is 79.9. The van der Waals surface area contributed by atoms with Gasteiger partial charge in [0, 0.05) is 11.4 Å². The van der Waals surface area contributed by atoms with Crippen molar-refractivity contribution in [3.63, 3.8) is 0 Å². The standard InChI is InChI=1S/C23H32BrN5O5Si/c1-13(30)28-20-16-14(24)9-15(29(16)27-12-26-20)17-18-19(34-22(5,6)32-18)23(10-25,33-17)11-31-35(7,8)21(2,3)4/h9,12,17-19H,11H2,1-8H3,(H,26,27,28,30)/t17-,18-,19-,23+/m0/s1. The Hall–Kier alpha value is -1.88. The smallest absolute Gasteiger partial charge is 0.222 e. The Kier molecular flexibility index (Phi) is 6.44. The molecule has 12 heteroatoms. The van der Waals surface area contributed by atoms with Gasteiger partial charge in [-0.3, -0.25) is 4.79 Å². The van der Waals surface area contributed by atoms with E-state index < -0.39 is 38.0 Å². The second-order valence-corrected chi connectivity index (χ2v) is 16.7. The molecule has 2 aliphatic rings. The van der Waals surface area contributed by atoms with Crippen LogP contribution in [0.2, 0.25) is 18.1 Å². The number of aromatic nitrogens is 3. The van der Waals surface area contributed by atoms with Gasteiger partial charge in [0.15, 0.2) is 19.9 Å². The SMILES string of the molecule is CC(=O)Nc1ncnn2c([C@@H]3O[C@](C#N)(CO[Si](C)(C)C(C)(C)C)[C@H]4OC(C)(C)O[C@@H]34)cc(Br)c12. The third kappa shape index (κ3) is 4.54. The Balaban J connectivity index is 1.77. The first-order chi connectivity index (χ1) is 16.1. The monoisotopic (exact) mass is 565 g/mol. The van der Waals surface area contributed by atoms with Gasteiger partial charge in [-0.15, -0.1) is 0 Å². The highest BCUT2D eigenvalue weighted by molar-refractivity contribution is 9.10. The average Bonchev–Trinajstić information content (AvgIpc) is 3.33. The molecule has 4 atom stereocenters. The quantitative estimate of drug-likeness (QED) is 0.532. The van der Waals surface area contributed by atoms with Crippen LogP contribution in [0.3, 0.4) is 0 Å². The molecule has 0 spiro atoms. The average molecular weight is 567 g/mol. The lowest BCUT2D eigenvalue weighted by Gasteiger charge is -2.39. The van der Waals surface area contributed by atoms with Crippen molar-refractivity contribution in [2.75, 3.05) is 11.9 Å². The van der Waals surface area contributed by atoms with Gasteiger partial charge in [-0.05, 0) is 54.0 Å². The van der Waals surface area contributed by atoms with Crippen molar-refractivity contribution in [3.05, 3.63) is 22.6 Å². The number of rotatable bonds is 5. The number of ether oxygens (including phenoxy) is 3. The molecule has 1 amide bonds. The van der Waals surface area contributed by atoms with Crippen molar-refractivity contribution in [2.24, 2.45) is 0 Å². The first-order valence-corrected chi connectivity index (χ1v) is 15.2. The van der Waals surface area contributed by atoms with Gasteiger partial charge in [0.25, 0.3) is 0 Å². The number of carbonyl (C=O) groups excluding carboxylic acids is 1. The molecule has 4 rings (SSSR count). The fraction of sp³-hybridized carbons (Fsp3) is 0.652. The summed E-state index contributed by atoms with van der Waals surface area (Å²) in [5, 5.41) is 17.5. The number of anilines is 1. The normalized spacial score (nSPS) is 28.2. The molecule has 2 aliphatic heterocycles. The van der Waals surface area contributed by atoms with E-state index in [9.17, 15) is 10.1 Å². The lowest BCUT2D eigenvalue weighted by molar-refractivity contribution is -0.204. The second-order valence-electron chi connectivity index (χ2n) is 11.1. The summed E-state index contributed by atoms with van der Waals surface area (Å²) >= 11 is 3.56. The number of amides is 1. The molecule has 0 aromatic carbocycles. The van der Waals surface area contributed by atoms with Crippen molar-refractivity contribution >= 4 is 41.5 Å². The van der Waals surface area contributed by atoms with E-state index in [-0.39, 0.29) is 17.6 Å². The molecule has 0 radical (unpaired) electrons. The second kappa shape index (κ2) is 8.60. The minimum atomic E-state index is -2.18. The van der Waals surface area contributed by atoms with Gasteiger partial charge in [-0.2, -0.15) is 10.4 Å². The van der Waals surface area contributed by atoms with Crippen LogP contribution in [0, 0.1) is 11.3 Å². The number of fused-ring (bicyclic) bond motifs is 2. The van der Waals surface area contributed by atoms with Crippen molar-refractivity contribution in [1.82, 2.24) is 14.6 Å². The van der Waals surface area contributed by atoms with Crippen molar-refractivity contribution in [2.45, 2.75) is 89.4 Å². The molecule has 0 unspecified atom stereocenters. The third-order valence-corrected chi connectivity index (χ3v) is 12.1. The molecule has 2 aromatic rings. The summed E-state index contributed by atoms with van der Waals surface area (Å²) in [4.78, 5) is 15.9. The van der Waals surface area contributed by atoms with Crippen LogP contribution < -0.4 is 5.32 Å². The molecule has 0 aliphatic carbocycles. The van der Waals surface area contributed by atoms with Gasteiger partial charge in [-0.1, -0.05) is 20.8 Å². The summed E-state index contributed by atoms with van der Waals surface area (Å²) in [7, 11) is -2.18. The summed E-state index contributed by atoms with van der Waals surface area (Å²) in [6.45, 7) is 15.8. The van der Waals surface area contributed by atoms with Crippen molar-refractivity contribution in [3.8, 4) is 6.07 Å². The number of nitrogens with zero attached hydrogens (tertiary/aromatic N) is 4. The minimum Gasteiger partial charge on any atom is -0.413 e. The zero-order chi connectivity index (χ0) is 26.0. The zero-order valence-corrected chi connectivity index (χ0v) is 23.9. The van der Waals surface area contributed by atoms with Crippen LogP contribution >= 0.6 is 15.9 Å². The van der Waals surface area contributed by atoms with Crippen molar-refractivity contribution < 1.29 is 23.4 Å². The topological polar surface area (TPSA) is 120 Å². The van der Waals surface area contributed by atoms with Gasteiger partial charge in [-0.25, -0.2) is 9.50 Å². The molecule has 4 heterocycles. The lowest BCUT2D eigenvalue weighted by atomic mass is 9.96. The Morgan fingerprint density at radius 3 is 2.63 bits per heavy atom. The van der Waals surface area contributed by atoms with E-state index in [1.54, 1.807) is 4.52 Å². The van der Waals surface area contributed by atoms with E-state index in [4.69, 9.17) is 18.6 Å². The van der Waals surface area contributed by atoms with Gasteiger partial charge in [0.1, 0.15) is 36.2 Å². The van der Waals surface area contributed by atoms with Gasteiger partial charge >= 0.3 is 0 Å². The summed E-state index contributed by atoms with van der Waals surface area (Å²) < 4.78 is 27.8. The summed E-state index contributed by atoms with van der Waals surface area (Å²) in [5.41, 5.74) is -0.160. The van der Waals surface area contributed by atoms with Crippen LogP contribution in [-0.2, 0) is 23.4 Å². The predicted molar refractivity (Wildman–Crippen MR) is 134 cm³/mol. The number of hydrogen-bond acceptors (Lipinski definition) is 8. The van der Waals surface area contributed by atoms with E-state index in [0.29, 0.717) is 21.5 Å². The van der Waals surface area contributed by atoms with Crippen LogP contribution in [0.5, 0.6) is 0 Å². The maximum Gasteiger partial charge on any atom is 0.222 e. The van der Waals surface area contributed by atoms with Crippen LogP contribution in [0.15, 0.2) is 16.9 Å². The predicted octanol–water partition coefficient (Wildman–Crippen LogP) is 4.33. The molecular formula is C23H32BrN5O5Si. The summed E-state index contributed by atoms with van der Waals surface area (Å²) in [6.07, 6.45) is -0.562. The van der Waals surface area contributed by atoms with Gasteiger partial charge < -0.3 is 24.0 Å². The summed E-state index contributed by atoms with van der Waals surface area (Å²) in [6, 6.07) is 4.20. The van der Waals surface area contributed by atoms with Gasteiger partial charge in [0.2, 0.25) is 11.5 Å². The van der Waals surface area contributed by atoms with Gasteiger partial charge in [0.05, 0.1) is 12.3 Å². The fourth-order valence-electron chi connectivity index (χ4n) is 4.19. The van der Waals surface area contributed by atoms with Crippen LogP contribution in [0.25, 0.3) is 5.52 Å². The van der Waals surface area contributed by atoms with E-state index in [1.807, 2.05) is 19.9 Å². The molecule has 1 N–H and O–H groups in total. The molecule has 10 nitrogen and oxygen atoms in total. The third-order valence-electron chi connectivity index (χ3n) is 6.99. The van der Waals surface area contributed by atoms with Crippen molar-refractivity contribution in [1.29, 1.82) is 5.26 Å². The first-order valence-electron chi connectivity index (χ1n) is 11.5. The van der Waals surface area contributed by atoms with E-state index in [1.165, 1.54) is 13.3 Å². The molecule has 2 aromatic heterocycles. The Morgan fingerprint density at radius 2 is 2.03 bits per heavy atom. The largest absolute Gasteiger partial charge is 0.413 e. The van der Waals surface area contributed by atoms with E-state index in [2.05, 4.69) is 71.3 Å². The van der Waals surface area contributed by atoms with Crippen LogP contribution in [-0.4, -0.2) is 59.0 Å².